The lowest BCUT2D eigenvalue weighted by molar-refractivity contribution is -0.140. The fraction of sp³-hybridized carbons (Fsp3) is 0.400. The van der Waals surface area contributed by atoms with E-state index >= 15 is 0 Å². The van der Waals surface area contributed by atoms with Crippen molar-refractivity contribution in [2.45, 2.75) is 34.6 Å². The minimum atomic E-state index is -0.929. The number of aryl methyl sites for hydroxylation is 2. The predicted molar refractivity (Wildman–Crippen MR) is 72.4 cm³/mol. The molecule has 0 aliphatic heterocycles. The Hall–Kier alpha value is -1.84. The summed E-state index contributed by atoms with van der Waals surface area (Å²) in [4.78, 5) is 11.2. The van der Waals surface area contributed by atoms with Crippen LogP contribution in [0.3, 0.4) is 0 Å². The molecule has 0 aliphatic rings. The van der Waals surface area contributed by atoms with Crippen molar-refractivity contribution in [1.82, 2.24) is 0 Å². The summed E-state index contributed by atoms with van der Waals surface area (Å²) in [5.74, 6) is -0.185. The zero-order valence-electron chi connectivity index (χ0n) is 12.0. The number of carbonyl (C=O) groups excluding carboxylic acids is 1. The molecule has 0 fully saturated rings. The standard InChI is InChI=1S/C15H19FO3/c1-6-18-15(17)14(16)9(2)7-8-13-10(3)11(4)19-12(13)5/h7-8H,6H2,1-5H3. The first-order valence-electron chi connectivity index (χ1n) is 6.16. The van der Waals surface area contributed by atoms with Crippen molar-refractivity contribution < 1.29 is 18.3 Å². The molecule has 0 unspecified atom stereocenters. The Kier molecular flexibility index (Phi) is 5.10. The van der Waals surface area contributed by atoms with Crippen LogP contribution >= 0.6 is 0 Å². The highest BCUT2D eigenvalue weighted by Gasteiger charge is 2.12. The molecule has 4 heteroatoms. The summed E-state index contributed by atoms with van der Waals surface area (Å²) in [6.07, 6.45) is 3.30. The Morgan fingerprint density at radius 2 is 1.95 bits per heavy atom. The van der Waals surface area contributed by atoms with Gasteiger partial charge in [-0.2, -0.15) is 4.39 Å². The molecule has 1 aromatic heterocycles. The van der Waals surface area contributed by atoms with Crippen LogP contribution in [0.5, 0.6) is 0 Å². The van der Waals surface area contributed by atoms with Crippen LogP contribution in [-0.4, -0.2) is 12.6 Å². The summed E-state index contributed by atoms with van der Waals surface area (Å²) >= 11 is 0. The Morgan fingerprint density at radius 1 is 1.32 bits per heavy atom. The van der Waals surface area contributed by atoms with Gasteiger partial charge in [-0.25, -0.2) is 4.79 Å². The van der Waals surface area contributed by atoms with Crippen LogP contribution in [0.4, 0.5) is 4.39 Å². The van der Waals surface area contributed by atoms with Gasteiger partial charge in [0.25, 0.3) is 0 Å². The zero-order valence-corrected chi connectivity index (χ0v) is 12.0. The third kappa shape index (κ3) is 3.56. The van der Waals surface area contributed by atoms with E-state index in [-0.39, 0.29) is 12.2 Å². The van der Waals surface area contributed by atoms with Crippen molar-refractivity contribution >= 4 is 12.0 Å². The monoisotopic (exact) mass is 266 g/mol. The van der Waals surface area contributed by atoms with E-state index in [2.05, 4.69) is 4.74 Å². The molecule has 1 heterocycles. The molecule has 0 aromatic carbocycles. The van der Waals surface area contributed by atoms with Crippen molar-refractivity contribution in [2.75, 3.05) is 6.61 Å². The van der Waals surface area contributed by atoms with Gasteiger partial charge in [-0.15, -0.1) is 0 Å². The number of carbonyl (C=O) groups is 1. The summed E-state index contributed by atoms with van der Waals surface area (Å²) in [6, 6.07) is 0. The van der Waals surface area contributed by atoms with Crippen LogP contribution < -0.4 is 0 Å². The topological polar surface area (TPSA) is 39.4 Å². The number of ether oxygens (including phenoxy) is 1. The van der Waals surface area contributed by atoms with Gasteiger partial charge in [0.2, 0.25) is 5.83 Å². The lowest BCUT2D eigenvalue weighted by Gasteiger charge is -2.00. The van der Waals surface area contributed by atoms with Crippen molar-refractivity contribution in [3.05, 3.63) is 40.1 Å². The van der Waals surface area contributed by atoms with Gasteiger partial charge in [0.15, 0.2) is 0 Å². The van der Waals surface area contributed by atoms with Gasteiger partial charge < -0.3 is 9.15 Å². The van der Waals surface area contributed by atoms with Crippen molar-refractivity contribution in [2.24, 2.45) is 0 Å². The number of esters is 1. The van der Waals surface area contributed by atoms with E-state index in [4.69, 9.17) is 4.42 Å². The van der Waals surface area contributed by atoms with E-state index in [9.17, 15) is 9.18 Å². The first-order valence-corrected chi connectivity index (χ1v) is 6.16. The molecule has 0 saturated carbocycles. The second-order valence-corrected chi connectivity index (χ2v) is 4.30. The van der Waals surface area contributed by atoms with E-state index in [0.717, 1.165) is 22.6 Å². The van der Waals surface area contributed by atoms with Gasteiger partial charge >= 0.3 is 5.97 Å². The van der Waals surface area contributed by atoms with Crippen molar-refractivity contribution in [1.29, 1.82) is 0 Å². The van der Waals surface area contributed by atoms with Crippen LogP contribution in [0.25, 0.3) is 6.08 Å². The number of halogens is 1. The molecule has 0 saturated heterocycles. The number of hydrogen-bond acceptors (Lipinski definition) is 3. The maximum atomic E-state index is 13.6. The molecule has 0 aliphatic carbocycles. The summed E-state index contributed by atoms with van der Waals surface area (Å²) in [5.41, 5.74) is 2.16. The van der Waals surface area contributed by atoms with E-state index in [1.165, 1.54) is 6.92 Å². The maximum absolute atomic E-state index is 13.6. The van der Waals surface area contributed by atoms with Gasteiger partial charge in [0.1, 0.15) is 11.5 Å². The molecule has 3 nitrogen and oxygen atoms in total. The molecular weight excluding hydrogens is 247 g/mol. The van der Waals surface area contributed by atoms with Crippen LogP contribution in [-0.2, 0) is 9.53 Å². The molecule has 104 valence electrons. The number of hydrogen-bond donors (Lipinski definition) is 0. The highest BCUT2D eigenvalue weighted by atomic mass is 19.1. The zero-order chi connectivity index (χ0) is 14.6. The Labute approximate surface area is 112 Å². The fourth-order valence-corrected chi connectivity index (χ4v) is 1.69. The Morgan fingerprint density at radius 3 is 2.42 bits per heavy atom. The largest absolute Gasteiger partial charge is 0.466 e. The number of furan rings is 1. The predicted octanol–water partition coefficient (Wildman–Crippen LogP) is 4.02. The average molecular weight is 266 g/mol. The normalized spacial score (nSPS) is 12.7. The minimum absolute atomic E-state index is 0.155. The molecule has 0 spiro atoms. The molecule has 1 aromatic rings. The third-order valence-corrected chi connectivity index (χ3v) is 2.92. The second kappa shape index (κ2) is 6.36. The van der Waals surface area contributed by atoms with E-state index in [0.29, 0.717) is 0 Å². The second-order valence-electron chi connectivity index (χ2n) is 4.30. The van der Waals surface area contributed by atoms with Gasteiger partial charge in [-0.3, -0.25) is 0 Å². The highest BCUT2D eigenvalue weighted by molar-refractivity contribution is 5.87. The quantitative estimate of drug-likeness (QED) is 0.469. The first kappa shape index (κ1) is 15.2. The summed E-state index contributed by atoms with van der Waals surface area (Å²) in [6.45, 7) is 8.98. The molecule has 0 amide bonds. The molecule has 1 rings (SSSR count). The number of rotatable bonds is 4. The average Bonchev–Trinajstić information content (AvgIpc) is 2.60. The smallest absolute Gasteiger partial charge is 0.367 e. The van der Waals surface area contributed by atoms with Crippen LogP contribution in [0.1, 0.15) is 36.5 Å². The van der Waals surface area contributed by atoms with Gasteiger partial charge in [0, 0.05) is 5.56 Å². The molecular formula is C15H19FO3. The van der Waals surface area contributed by atoms with E-state index in [1.807, 2.05) is 20.8 Å². The van der Waals surface area contributed by atoms with Gasteiger partial charge in [-0.1, -0.05) is 12.2 Å². The van der Waals surface area contributed by atoms with Crippen LogP contribution in [0, 0.1) is 20.8 Å². The summed E-state index contributed by atoms with van der Waals surface area (Å²) in [5, 5.41) is 0. The minimum Gasteiger partial charge on any atom is -0.466 e. The molecule has 0 N–H and O–H groups in total. The van der Waals surface area contributed by atoms with E-state index < -0.39 is 11.8 Å². The lowest BCUT2D eigenvalue weighted by atomic mass is 10.1. The van der Waals surface area contributed by atoms with Gasteiger partial charge in [0.05, 0.1) is 6.61 Å². The molecule has 0 atom stereocenters. The van der Waals surface area contributed by atoms with Crippen molar-refractivity contribution in [3.63, 3.8) is 0 Å². The molecule has 0 bridgehead atoms. The SMILES string of the molecule is CCOC(=O)C(F)=C(C)C=Cc1c(C)oc(C)c1C. The summed E-state index contributed by atoms with van der Waals surface area (Å²) in [7, 11) is 0. The lowest BCUT2D eigenvalue weighted by Crippen LogP contribution is -2.05. The third-order valence-electron chi connectivity index (χ3n) is 2.92. The molecule has 19 heavy (non-hydrogen) atoms. The fourth-order valence-electron chi connectivity index (χ4n) is 1.69. The van der Waals surface area contributed by atoms with Crippen molar-refractivity contribution in [3.8, 4) is 0 Å². The van der Waals surface area contributed by atoms with Gasteiger partial charge in [-0.05, 0) is 45.8 Å². The van der Waals surface area contributed by atoms with E-state index in [1.54, 1.807) is 19.1 Å². The maximum Gasteiger partial charge on any atom is 0.367 e. The summed E-state index contributed by atoms with van der Waals surface area (Å²) < 4.78 is 23.7. The first-order chi connectivity index (χ1) is 8.88. The van der Waals surface area contributed by atoms with Crippen LogP contribution in [0.2, 0.25) is 0 Å². The highest BCUT2D eigenvalue weighted by Crippen LogP contribution is 2.23. The molecule has 0 radical (unpaired) electrons. The van der Waals surface area contributed by atoms with Crippen LogP contribution in [0.15, 0.2) is 21.9 Å². The number of allylic oxidation sites excluding steroid dienone is 2. The Bertz CT molecular complexity index is 536. The Balaban J connectivity index is 2.98.